The Labute approximate surface area is 69.7 Å². The molecule has 4 heteroatoms. The van der Waals surface area contributed by atoms with Crippen LogP contribution in [-0.4, -0.2) is 23.7 Å². The smallest absolute Gasteiger partial charge is 0.313 e. The first-order chi connectivity index (χ1) is 5.08. The summed E-state index contributed by atoms with van der Waals surface area (Å²) in [6.07, 6.45) is 1.18. The van der Waals surface area contributed by atoms with Crippen molar-refractivity contribution in [2.45, 2.75) is 24.1 Å². The predicted molar refractivity (Wildman–Crippen MR) is 39.5 cm³/mol. The Morgan fingerprint density at radius 1 is 1.55 bits per heavy atom. The summed E-state index contributed by atoms with van der Waals surface area (Å²) in [5, 5.41) is 0. The van der Waals surface area contributed by atoms with E-state index in [1.54, 1.807) is 0 Å². The Morgan fingerprint density at radius 2 is 2.09 bits per heavy atom. The van der Waals surface area contributed by atoms with Crippen LogP contribution in [0.5, 0.6) is 0 Å². The van der Waals surface area contributed by atoms with Gasteiger partial charge in [0.15, 0.2) is 5.78 Å². The number of carbonyl (C=O) groups excluding carboxylic acids is 2. The maximum absolute atomic E-state index is 11.1. The summed E-state index contributed by atoms with van der Waals surface area (Å²) >= 11 is 5.74. The van der Waals surface area contributed by atoms with E-state index in [0.717, 1.165) is 0 Å². The summed E-state index contributed by atoms with van der Waals surface area (Å²) in [4.78, 5) is 20.9. The lowest BCUT2D eigenvalue weighted by molar-refractivity contribution is -0.143. The SMILES string of the molecule is COC(=O)CC(=O)C1(Cl)CC1. The minimum atomic E-state index is -0.728. The van der Waals surface area contributed by atoms with Crippen molar-refractivity contribution >= 4 is 23.4 Å². The zero-order valence-corrected chi connectivity index (χ0v) is 6.98. The van der Waals surface area contributed by atoms with Gasteiger partial charge in [-0.25, -0.2) is 0 Å². The molecule has 0 atom stereocenters. The van der Waals surface area contributed by atoms with Gasteiger partial charge in [0, 0.05) is 0 Å². The average Bonchev–Trinajstić information content (AvgIpc) is 2.69. The number of esters is 1. The molecule has 0 bridgehead atoms. The third-order valence-corrected chi connectivity index (χ3v) is 2.31. The van der Waals surface area contributed by atoms with E-state index in [1.807, 2.05) is 0 Å². The number of Topliss-reactive ketones (excluding diaryl/α,β-unsaturated/α-hetero) is 1. The van der Waals surface area contributed by atoms with E-state index < -0.39 is 10.8 Å². The highest BCUT2D eigenvalue weighted by Crippen LogP contribution is 2.43. The Balaban J connectivity index is 2.38. The minimum absolute atomic E-state index is 0.194. The molecule has 0 radical (unpaired) electrons. The average molecular weight is 177 g/mol. The molecule has 0 spiro atoms. The molecule has 0 unspecified atom stereocenters. The van der Waals surface area contributed by atoms with Gasteiger partial charge < -0.3 is 4.74 Å². The van der Waals surface area contributed by atoms with Crippen LogP contribution in [0, 0.1) is 0 Å². The molecule has 0 aromatic heterocycles. The van der Waals surface area contributed by atoms with Crippen LogP contribution in [0.2, 0.25) is 0 Å². The zero-order valence-electron chi connectivity index (χ0n) is 6.22. The van der Waals surface area contributed by atoms with Crippen molar-refractivity contribution in [3.63, 3.8) is 0 Å². The van der Waals surface area contributed by atoms with Crippen LogP contribution < -0.4 is 0 Å². The Bertz CT molecular complexity index is 196. The molecule has 1 fully saturated rings. The zero-order chi connectivity index (χ0) is 8.48. The number of hydrogen-bond acceptors (Lipinski definition) is 3. The van der Waals surface area contributed by atoms with E-state index in [0.29, 0.717) is 12.8 Å². The van der Waals surface area contributed by atoms with Crippen LogP contribution in [0.1, 0.15) is 19.3 Å². The van der Waals surface area contributed by atoms with Crippen molar-refractivity contribution in [2.24, 2.45) is 0 Å². The topological polar surface area (TPSA) is 43.4 Å². The highest BCUT2D eigenvalue weighted by atomic mass is 35.5. The fourth-order valence-electron chi connectivity index (χ4n) is 0.750. The van der Waals surface area contributed by atoms with Crippen LogP contribution >= 0.6 is 11.6 Å². The quantitative estimate of drug-likeness (QED) is 0.365. The van der Waals surface area contributed by atoms with E-state index >= 15 is 0 Å². The summed E-state index contributed by atoms with van der Waals surface area (Å²) in [5.41, 5.74) is 0. The predicted octanol–water partition coefficient (Wildman–Crippen LogP) is 0.890. The Morgan fingerprint density at radius 3 is 2.45 bits per heavy atom. The number of halogens is 1. The number of hydrogen-bond donors (Lipinski definition) is 0. The van der Waals surface area contributed by atoms with Crippen LogP contribution in [0.25, 0.3) is 0 Å². The molecule has 0 saturated heterocycles. The van der Waals surface area contributed by atoms with E-state index in [-0.39, 0.29) is 12.2 Å². The van der Waals surface area contributed by atoms with E-state index in [2.05, 4.69) is 4.74 Å². The highest BCUT2D eigenvalue weighted by molar-refractivity contribution is 6.38. The van der Waals surface area contributed by atoms with Crippen molar-refractivity contribution in [2.75, 3.05) is 7.11 Å². The van der Waals surface area contributed by atoms with Gasteiger partial charge in [-0.05, 0) is 12.8 Å². The number of ketones is 1. The van der Waals surface area contributed by atoms with Crippen LogP contribution in [-0.2, 0) is 14.3 Å². The summed E-state index contributed by atoms with van der Waals surface area (Å²) in [5.74, 6) is -0.729. The van der Waals surface area contributed by atoms with E-state index in [4.69, 9.17) is 11.6 Å². The number of alkyl halides is 1. The number of carbonyl (C=O) groups is 2. The summed E-state index contributed by atoms with van der Waals surface area (Å²) < 4.78 is 4.33. The molecule has 3 nitrogen and oxygen atoms in total. The van der Waals surface area contributed by atoms with Crippen molar-refractivity contribution in [1.29, 1.82) is 0 Å². The first kappa shape index (κ1) is 8.53. The van der Waals surface area contributed by atoms with Crippen molar-refractivity contribution in [3.05, 3.63) is 0 Å². The first-order valence-corrected chi connectivity index (χ1v) is 3.75. The molecule has 0 aromatic carbocycles. The molecule has 62 valence electrons. The van der Waals surface area contributed by atoms with Gasteiger partial charge in [0.2, 0.25) is 0 Å². The van der Waals surface area contributed by atoms with Crippen LogP contribution in [0.15, 0.2) is 0 Å². The second-order valence-electron chi connectivity index (χ2n) is 2.64. The van der Waals surface area contributed by atoms with E-state index in [9.17, 15) is 9.59 Å². The second-order valence-corrected chi connectivity index (χ2v) is 3.36. The third-order valence-electron chi connectivity index (χ3n) is 1.72. The molecule has 1 aliphatic carbocycles. The molecule has 0 heterocycles. The van der Waals surface area contributed by atoms with Gasteiger partial charge in [-0.3, -0.25) is 9.59 Å². The van der Waals surface area contributed by atoms with Gasteiger partial charge in [0.05, 0.1) is 7.11 Å². The fourth-order valence-corrected chi connectivity index (χ4v) is 0.912. The molecule has 1 rings (SSSR count). The molecular formula is C7H9ClO3. The molecule has 11 heavy (non-hydrogen) atoms. The standard InChI is InChI=1S/C7H9ClO3/c1-11-6(10)4-5(9)7(8)2-3-7/h2-4H2,1H3. The molecular weight excluding hydrogens is 168 g/mol. The maximum Gasteiger partial charge on any atom is 0.313 e. The summed E-state index contributed by atoms with van der Waals surface area (Å²) in [6.45, 7) is 0. The number of methoxy groups -OCH3 is 1. The Kier molecular flexibility index (Phi) is 2.18. The molecule has 0 aromatic rings. The maximum atomic E-state index is 11.1. The lowest BCUT2D eigenvalue weighted by Crippen LogP contribution is -2.19. The normalized spacial score (nSPS) is 19.1. The Hall–Kier alpha value is -0.570. The number of ether oxygens (including phenoxy) is 1. The van der Waals surface area contributed by atoms with Crippen molar-refractivity contribution in [3.8, 4) is 0 Å². The second kappa shape index (κ2) is 2.81. The van der Waals surface area contributed by atoms with Crippen molar-refractivity contribution < 1.29 is 14.3 Å². The third kappa shape index (κ3) is 1.93. The highest BCUT2D eigenvalue weighted by Gasteiger charge is 2.48. The molecule has 1 saturated carbocycles. The minimum Gasteiger partial charge on any atom is -0.469 e. The van der Waals surface area contributed by atoms with Gasteiger partial charge in [0.25, 0.3) is 0 Å². The van der Waals surface area contributed by atoms with Gasteiger partial charge in [-0.2, -0.15) is 0 Å². The van der Waals surface area contributed by atoms with Gasteiger partial charge in [-0.15, -0.1) is 11.6 Å². The monoisotopic (exact) mass is 176 g/mol. The lowest BCUT2D eigenvalue weighted by Gasteiger charge is -2.02. The van der Waals surface area contributed by atoms with Crippen molar-refractivity contribution in [1.82, 2.24) is 0 Å². The van der Waals surface area contributed by atoms with Gasteiger partial charge in [-0.1, -0.05) is 0 Å². The fraction of sp³-hybridized carbons (Fsp3) is 0.714. The molecule has 0 N–H and O–H groups in total. The number of rotatable bonds is 3. The largest absolute Gasteiger partial charge is 0.469 e. The first-order valence-electron chi connectivity index (χ1n) is 3.37. The van der Waals surface area contributed by atoms with E-state index in [1.165, 1.54) is 7.11 Å². The van der Waals surface area contributed by atoms with Gasteiger partial charge >= 0.3 is 5.97 Å². The molecule has 0 aliphatic heterocycles. The lowest BCUT2D eigenvalue weighted by atomic mass is 10.2. The molecule has 1 aliphatic rings. The van der Waals surface area contributed by atoms with Crippen LogP contribution in [0.3, 0.4) is 0 Å². The molecule has 0 amide bonds. The van der Waals surface area contributed by atoms with Crippen LogP contribution in [0.4, 0.5) is 0 Å². The summed E-state index contributed by atoms with van der Waals surface area (Å²) in [7, 11) is 1.25. The summed E-state index contributed by atoms with van der Waals surface area (Å²) in [6, 6.07) is 0. The van der Waals surface area contributed by atoms with Gasteiger partial charge in [0.1, 0.15) is 11.3 Å².